The number of nitrogens with one attached hydrogen (secondary N) is 1. The topological polar surface area (TPSA) is 110 Å². The molecule has 0 aliphatic rings. The molecule has 154 valence electrons. The van der Waals surface area contributed by atoms with Crippen LogP contribution in [0.2, 0.25) is 0 Å². The number of hydrogen-bond acceptors (Lipinski definition) is 6. The normalized spacial score (nSPS) is 10.9. The molecule has 0 atom stereocenters. The highest BCUT2D eigenvalue weighted by Gasteiger charge is 2.17. The van der Waals surface area contributed by atoms with Crippen LogP contribution in [0.15, 0.2) is 53.4 Å². The number of benzene rings is 2. The Kier molecular flexibility index (Phi) is 7.05. The van der Waals surface area contributed by atoms with Crippen molar-refractivity contribution in [1.82, 2.24) is 4.90 Å². The molecule has 2 aromatic rings. The summed E-state index contributed by atoms with van der Waals surface area (Å²) >= 11 is 0. The maximum absolute atomic E-state index is 12.9. The van der Waals surface area contributed by atoms with Gasteiger partial charge in [0.2, 0.25) is 5.91 Å². The van der Waals surface area contributed by atoms with E-state index in [1.807, 2.05) is 0 Å². The van der Waals surface area contributed by atoms with Gasteiger partial charge in [-0.05, 0) is 48.5 Å². The van der Waals surface area contributed by atoms with Gasteiger partial charge in [-0.3, -0.25) is 9.59 Å². The first kappa shape index (κ1) is 22.0. The van der Waals surface area contributed by atoms with E-state index in [-0.39, 0.29) is 17.0 Å². The molecule has 0 aliphatic carbocycles. The molecule has 8 nitrogen and oxygen atoms in total. The average molecular weight is 422 g/mol. The van der Waals surface area contributed by atoms with Crippen molar-refractivity contribution in [3.05, 3.63) is 59.9 Å². The van der Waals surface area contributed by atoms with Crippen LogP contribution in [0, 0.1) is 5.82 Å². The first-order chi connectivity index (χ1) is 13.6. The van der Waals surface area contributed by atoms with Crippen LogP contribution < -0.4 is 5.32 Å². The highest BCUT2D eigenvalue weighted by molar-refractivity contribution is 7.90. The zero-order valence-electron chi connectivity index (χ0n) is 15.7. The number of ether oxygens (including phenoxy) is 1. The molecule has 0 bridgehead atoms. The van der Waals surface area contributed by atoms with E-state index in [1.54, 1.807) is 0 Å². The molecule has 0 saturated heterocycles. The Morgan fingerprint density at radius 3 is 2.17 bits per heavy atom. The summed E-state index contributed by atoms with van der Waals surface area (Å²) in [4.78, 5) is 37.1. The molecular formula is C19H19FN2O6S. The third kappa shape index (κ3) is 6.68. The third-order valence-electron chi connectivity index (χ3n) is 3.78. The minimum Gasteiger partial charge on any atom is -0.452 e. The number of sulfone groups is 1. The Hall–Kier alpha value is -3.27. The number of likely N-dealkylation sites (N-methyl/N-ethyl adjacent to an activating group) is 1. The van der Waals surface area contributed by atoms with Crippen molar-refractivity contribution in [3.63, 3.8) is 0 Å². The van der Waals surface area contributed by atoms with E-state index < -0.39 is 40.0 Å². The summed E-state index contributed by atoms with van der Waals surface area (Å²) in [5.74, 6) is -2.36. The zero-order chi connectivity index (χ0) is 21.6. The van der Waals surface area contributed by atoms with E-state index >= 15 is 0 Å². The Morgan fingerprint density at radius 2 is 1.62 bits per heavy atom. The van der Waals surface area contributed by atoms with E-state index in [4.69, 9.17) is 4.74 Å². The van der Waals surface area contributed by atoms with Gasteiger partial charge in [-0.2, -0.15) is 0 Å². The highest BCUT2D eigenvalue weighted by Crippen LogP contribution is 2.11. The van der Waals surface area contributed by atoms with Crippen molar-refractivity contribution in [2.24, 2.45) is 0 Å². The summed E-state index contributed by atoms with van der Waals surface area (Å²) in [5, 5.41) is 2.51. The maximum atomic E-state index is 12.9. The lowest BCUT2D eigenvalue weighted by Gasteiger charge is -2.16. The van der Waals surface area contributed by atoms with Crippen molar-refractivity contribution in [2.75, 3.05) is 31.8 Å². The van der Waals surface area contributed by atoms with Crippen LogP contribution in [-0.4, -0.2) is 57.6 Å². The van der Waals surface area contributed by atoms with Gasteiger partial charge in [-0.25, -0.2) is 17.6 Å². The molecule has 0 radical (unpaired) electrons. The number of carbonyl (C=O) groups is 3. The molecule has 2 aromatic carbocycles. The number of anilines is 1. The van der Waals surface area contributed by atoms with Gasteiger partial charge >= 0.3 is 5.97 Å². The van der Waals surface area contributed by atoms with E-state index in [0.29, 0.717) is 5.69 Å². The number of esters is 1. The predicted octanol–water partition coefficient (Wildman–Crippen LogP) is 1.48. The monoisotopic (exact) mass is 422 g/mol. The lowest BCUT2D eigenvalue weighted by Crippen LogP contribution is -2.37. The van der Waals surface area contributed by atoms with Gasteiger partial charge in [0.15, 0.2) is 16.4 Å². The molecule has 2 amide bonds. The molecule has 10 heteroatoms. The molecule has 0 saturated carbocycles. The average Bonchev–Trinajstić information content (AvgIpc) is 2.67. The van der Waals surface area contributed by atoms with Crippen molar-refractivity contribution < 1.29 is 31.9 Å². The number of halogens is 1. The summed E-state index contributed by atoms with van der Waals surface area (Å²) in [6, 6.07) is 10.2. The van der Waals surface area contributed by atoms with Crippen LogP contribution in [0.4, 0.5) is 10.1 Å². The molecule has 1 N–H and O–H groups in total. The van der Waals surface area contributed by atoms with Crippen molar-refractivity contribution in [1.29, 1.82) is 0 Å². The molecule has 29 heavy (non-hydrogen) atoms. The third-order valence-corrected chi connectivity index (χ3v) is 4.91. The van der Waals surface area contributed by atoms with Gasteiger partial charge in [-0.15, -0.1) is 0 Å². The largest absolute Gasteiger partial charge is 0.452 e. The zero-order valence-corrected chi connectivity index (χ0v) is 16.5. The van der Waals surface area contributed by atoms with Gasteiger partial charge in [0.25, 0.3) is 5.91 Å². The maximum Gasteiger partial charge on any atom is 0.338 e. The second-order valence-corrected chi connectivity index (χ2v) is 8.19. The van der Waals surface area contributed by atoms with Gasteiger partial charge in [0.05, 0.1) is 17.0 Å². The number of rotatable bonds is 7. The standard InChI is InChI=1S/C19H19FN2O6S/c1-22(11-17(23)21-15-7-5-14(20)6-8-15)18(24)12-28-19(25)13-3-9-16(10-4-13)29(2,26)27/h3-10H,11-12H2,1-2H3,(H,21,23). The minimum atomic E-state index is -3.39. The molecule has 2 rings (SSSR count). The smallest absolute Gasteiger partial charge is 0.338 e. The van der Waals surface area contributed by atoms with Crippen molar-refractivity contribution >= 4 is 33.3 Å². The SMILES string of the molecule is CN(CC(=O)Nc1ccc(F)cc1)C(=O)COC(=O)c1ccc(S(C)(=O)=O)cc1. The fraction of sp³-hybridized carbons (Fsp3) is 0.211. The Balaban J connectivity index is 1.83. The molecule has 0 unspecified atom stereocenters. The Bertz CT molecular complexity index is 1000. The second kappa shape index (κ2) is 9.28. The van der Waals surface area contributed by atoms with E-state index in [0.717, 1.165) is 11.2 Å². The molecule has 0 aromatic heterocycles. The van der Waals surface area contributed by atoms with Crippen LogP contribution >= 0.6 is 0 Å². The van der Waals surface area contributed by atoms with E-state index in [2.05, 4.69) is 5.32 Å². The minimum absolute atomic E-state index is 0.0528. The summed E-state index contributed by atoms with van der Waals surface area (Å²) in [6.45, 7) is -0.885. The fourth-order valence-electron chi connectivity index (χ4n) is 2.20. The number of carbonyl (C=O) groups excluding carboxylic acids is 3. The number of amides is 2. The molecule has 0 fully saturated rings. The van der Waals surface area contributed by atoms with Crippen molar-refractivity contribution in [3.8, 4) is 0 Å². The molecule has 0 heterocycles. The van der Waals surface area contributed by atoms with Gasteiger partial charge in [0.1, 0.15) is 5.82 Å². The van der Waals surface area contributed by atoms with Crippen LogP contribution in [0.3, 0.4) is 0 Å². The molecule has 0 aliphatic heterocycles. The Morgan fingerprint density at radius 1 is 1.03 bits per heavy atom. The van der Waals surface area contributed by atoms with Crippen LogP contribution in [0.25, 0.3) is 0 Å². The van der Waals surface area contributed by atoms with Crippen LogP contribution in [-0.2, 0) is 24.2 Å². The van der Waals surface area contributed by atoms with Gasteiger partial charge in [-0.1, -0.05) is 0 Å². The second-order valence-electron chi connectivity index (χ2n) is 6.18. The first-order valence-corrected chi connectivity index (χ1v) is 10.2. The van der Waals surface area contributed by atoms with Crippen molar-refractivity contribution in [2.45, 2.75) is 4.90 Å². The highest BCUT2D eigenvalue weighted by atomic mass is 32.2. The molecule has 0 spiro atoms. The summed E-state index contributed by atoms with van der Waals surface area (Å²) in [5.41, 5.74) is 0.461. The first-order valence-electron chi connectivity index (χ1n) is 8.33. The van der Waals surface area contributed by atoms with E-state index in [9.17, 15) is 27.2 Å². The fourth-order valence-corrected chi connectivity index (χ4v) is 2.83. The quantitative estimate of drug-likeness (QED) is 0.677. The predicted molar refractivity (Wildman–Crippen MR) is 103 cm³/mol. The van der Waals surface area contributed by atoms with Gasteiger partial charge in [0, 0.05) is 19.0 Å². The lowest BCUT2D eigenvalue weighted by molar-refractivity contribution is -0.136. The van der Waals surface area contributed by atoms with Crippen LogP contribution in [0.1, 0.15) is 10.4 Å². The summed E-state index contributed by atoms with van der Waals surface area (Å²) in [7, 11) is -2.03. The van der Waals surface area contributed by atoms with Gasteiger partial charge < -0.3 is 15.0 Å². The van der Waals surface area contributed by atoms with E-state index in [1.165, 1.54) is 55.6 Å². The summed E-state index contributed by atoms with van der Waals surface area (Å²) < 4.78 is 40.6. The Labute approximate surface area is 167 Å². The summed E-state index contributed by atoms with van der Waals surface area (Å²) in [6.07, 6.45) is 1.04. The number of nitrogens with zero attached hydrogens (tertiary/aromatic N) is 1. The van der Waals surface area contributed by atoms with Crippen LogP contribution in [0.5, 0.6) is 0 Å². The lowest BCUT2D eigenvalue weighted by atomic mass is 10.2. The molecular weight excluding hydrogens is 403 g/mol. The number of hydrogen-bond donors (Lipinski definition) is 1.